The maximum absolute atomic E-state index is 9.39. The molecule has 1 aromatic carbocycles. The molecule has 1 aliphatic heterocycles. The Hall–Kier alpha value is -1.08. The summed E-state index contributed by atoms with van der Waals surface area (Å²) in [6.07, 6.45) is 0.444. The van der Waals surface area contributed by atoms with E-state index in [-0.39, 0.29) is 12.2 Å². The van der Waals surface area contributed by atoms with Crippen LogP contribution in [-0.2, 0) is 11.3 Å². The van der Waals surface area contributed by atoms with Crippen LogP contribution in [0.4, 0.5) is 0 Å². The summed E-state index contributed by atoms with van der Waals surface area (Å²) < 4.78 is 10.8. The molecule has 0 aromatic heterocycles. The van der Waals surface area contributed by atoms with Crippen molar-refractivity contribution in [1.82, 2.24) is 4.90 Å². The highest BCUT2D eigenvalue weighted by molar-refractivity contribution is 6.59. The van der Waals surface area contributed by atoms with Crippen molar-refractivity contribution in [2.24, 2.45) is 0 Å². The van der Waals surface area contributed by atoms with Gasteiger partial charge in [0.15, 0.2) is 0 Å². The quantitative estimate of drug-likeness (QED) is 0.759. The van der Waals surface area contributed by atoms with Gasteiger partial charge in [-0.1, -0.05) is 12.1 Å². The van der Waals surface area contributed by atoms with Crippen molar-refractivity contribution in [2.45, 2.75) is 32.6 Å². The van der Waals surface area contributed by atoms with Gasteiger partial charge in [-0.3, -0.25) is 4.90 Å². The fourth-order valence-corrected chi connectivity index (χ4v) is 2.76. The molecule has 0 bridgehead atoms. The first-order chi connectivity index (χ1) is 9.49. The third-order valence-corrected chi connectivity index (χ3v) is 3.47. The minimum Gasteiger partial charge on any atom is -0.497 e. The smallest absolute Gasteiger partial charge is 0.492 e. The molecule has 6 heteroatoms. The van der Waals surface area contributed by atoms with Crippen LogP contribution in [0.2, 0.25) is 0 Å². The Labute approximate surface area is 120 Å². The lowest BCUT2D eigenvalue weighted by molar-refractivity contribution is -0.0704. The lowest BCUT2D eigenvalue weighted by Gasteiger charge is -2.35. The van der Waals surface area contributed by atoms with Crippen molar-refractivity contribution in [3.63, 3.8) is 0 Å². The SMILES string of the molecule is COc1ccc(CN2C[C@@H](C)O[C@@H](C)C2)cc1B(O)O. The first kappa shape index (κ1) is 15.3. The first-order valence-electron chi connectivity index (χ1n) is 6.90. The van der Waals surface area contributed by atoms with E-state index in [9.17, 15) is 10.0 Å². The highest BCUT2D eigenvalue weighted by atomic mass is 16.5. The summed E-state index contributed by atoms with van der Waals surface area (Å²) in [7, 11) is -0.000832. The number of ether oxygens (including phenoxy) is 2. The number of benzene rings is 1. The normalized spacial score (nSPS) is 23.6. The maximum Gasteiger partial charge on any atom is 0.492 e. The second-order valence-electron chi connectivity index (χ2n) is 5.40. The molecule has 0 aliphatic carbocycles. The van der Waals surface area contributed by atoms with E-state index in [0.29, 0.717) is 11.2 Å². The van der Waals surface area contributed by atoms with Gasteiger partial charge >= 0.3 is 7.12 Å². The summed E-state index contributed by atoms with van der Waals surface area (Å²) >= 11 is 0. The summed E-state index contributed by atoms with van der Waals surface area (Å²) in [5.74, 6) is 0.493. The number of morpholine rings is 1. The van der Waals surface area contributed by atoms with E-state index >= 15 is 0 Å². The molecule has 2 atom stereocenters. The van der Waals surface area contributed by atoms with Crippen LogP contribution >= 0.6 is 0 Å². The van der Waals surface area contributed by atoms with Crippen LogP contribution in [0.5, 0.6) is 5.75 Å². The standard InChI is InChI=1S/C14H22BNO4/c1-10-7-16(8-11(2)20-10)9-12-4-5-14(19-3)13(6-12)15(17)18/h4-6,10-11,17-18H,7-9H2,1-3H3/t10-,11+. The van der Waals surface area contributed by atoms with Crippen LogP contribution in [0.1, 0.15) is 19.4 Å². The van der Waals surface area contributed by atoms with Gasteiger partial charge in [0.1, 0.15) is 5.75 Å². The fraction of sp³-hybridized carbons (Fsp3) is 0.571. The van der Waals surface area contributed by atoms with Gasteiger partial charge in [0.05, 0.1) is 19.3 Å². The van der Waals surface area contributed by atoms with Crippen LogP contribution in [0.25, 0.3) is 0 Å². The predicted molar refractivity (Wildman–Crippen MR) is 78.1 cm³/mol. The predicted octanol–water partition coefficient (Wildman–Crippen LogP) is -0.0158. The zero-order valence-corrected chi connectivity index (χ0v) is 12.2. The van der Waals surface area contributed by atoms with Gasteiger partial charge in [-0.05, 0) is 25.5 Å². The monoisotopic (exact) mass is 279 g/mol. The molecule has 0 unspecified atom stereocenters. The van der Waals surface area contributed by atoms with Crippen LogP contribution in [-0.4, -0.2) is 54.5 Å². The van der Waals surface area contributed by atoms with E-state index < -0.39 is 7.12 Å². The minimum atomic E-state index is -1.52. The van der Waals surface area contributed by atoms with Gasteiger partial charge in [-0.2, -0.15) is 0 Å². The van der Waals surface area contributed by atoms with Crippen LogP contribution < -0.4 is 10.2 Å². The molecule has 20 heavy (non-hydrogen) atoms. The van der Waals surface area contributed by atoms with Crippen LogP contribution in [0.15, 0.2) is 18.2 Å². The molecular formula is C14H22BNO4. The molecule has 0 radical (unpaired) electrons. The number of methoxy groups -OCH3 is 1. The molecule has 1 saturated heterocycles. The summed E-state index contributed by atoms with van der Waals surface area (Å²) in [6.45, 7) is 6.67. The van der Waals surface area contributed by atoms with Crippen molar-refractivity contribution >= 4 is 12.6 Å². The van der Waals surface area contributed by atoms with Gasteiger partial charge < -0.3 is 19.5 Å². The molecule has 1 heterocycles. The second kappa shape index (κ2) is 6.58. The molecule has 0 amide bonds. The molecular weight excluding hydrogens is 257 g/mol. The van der Waals surface area contributed by atoms with E-state index in [4.69, 9.17) is 9.47 Å². The molecule has 2 N–H and O–H groups in total. The van der Waals surface area contributed by atoms with Crippen molar-refractivity contribution in [2.75, 3.05) is 20.2 Å². The fourth-order valence-electron chi connectivity index (χ4n) is 2.76. The zero-order chi connectivity index (χ0) is 14.7. The van der Waals surface area contributed by atoms with Crippen molar-refractivity contribution < 1.29 is 19.5 Å². The average molecular weight is 279 g/mol. The topological polar surface area (TPSA) is 62.2 Å². The Morgan fingerprint density at radius 3 is 2.50 bits per heavy atom. The Balaban J connectivity index is 2.11. The first-order valence-corrected chi connectivity index (χ1v) is 6.90. The van der Waals surface area contributed by atoms with Crippen molar-refractivity contribution in [3.8, 4) is 5.75 Å². The van der Waals surface area contributed by atoms with Gasteiger partial charge in [0, 0.05) is 25.1 Å². The Morgan fingerprint density at radius 1 is 1.30 bits per heavy atom. The Kier molecular flexibility index (Phi) is 5.04. The number of nitrogens with zero attached hydrogens (tertiary/aromatic N) is 1. The van der Waals surface area contributed by atoms with Gasteiger partial charge in [-0.25, -0.2) is 0 Å². The van der Waals surface area contributed by atoms with E-state index in [0.717, 1.165) is 25.2 Å². The van der Waals surface area contributed by atoms with Crippen molar-refractivity contribution in [3.05, 3.63) is 23.8 Å². The highest BCUT2D eigenvalue weighted by Crippen LogP contribution is 2.16. The lowest BCUT2D eigenvalue weighted by atomic mass is 9.78. The second-order valence-corrected chi connectivity index (χ2v) is 5.40. The summed E-state index contributed by atoms with van der Waals surface area (Å²) in [4.78, 5) is 2.31. The molecule has 1 aromatic rings. The van der Waals surface area contributed by atoms with E-state index in [1.54, 1.807) is 12.1 Å². The number of hydrogen-bond acceptors (Lipinski definition) is 5. The largest absolute Gasteiger partial charge is 0.497 e. The molecule has 0 spiro atoms. The van der Waals surface area contributed by atoms with Crippen molar-refractivity contribution in [1.29, 1.82) is 0 Å². The average Bonchev–Trinajstić information content (AvgIpc) is 2.37. The molecule has 0 saturated carbocycles. The lowest BCUT2D eigenvalue weighted by Crippen LogP contribution is -2.45. The maximum atomic E-state index is 9.39. The number of hydrogen-bond donors (Lipinski definition) is 2. The number of rotatable bonds is 4. The Morgan fingerprint density at radius 2 is 1.95 bits per heavy atom. The van der Waals surface area contributed by atoms with E-state index in [2.05, 4.69) is 18.7 Å². The molecule has 5 nitrogen and oxygen atoms in total. The molecule has 1 aliphatic rings. The third kappa shape index (κ3) is 3.73. The van der Waals surface area contributed by atoms with Gasteiger partial charge in [-0.15, -0.1) is 0 Å². The molecule has 110 valence electrons. The molecule has 2 rings (SSSR count). The minimum absolute atomic E-state index is 0.222. The molecule has 1 fully saturated rings. The Bertz CT molecular complexity index is 445. The highest BCUT2D eigenvalue weighted by Gasteiger charge is 2.23. The van der Waals surface area contributed by atoms with E-state index in [1.165, 1.54) is 7.11 Å². The van der Waals surface area contributed by atoms with Crippen LogP contribution in [0.3, 0.4) is 0 Å². The van der Waals surface area contributed by atoms with E-state index in [1.807, 2.05) is 6.07 Å². The zero-order valence-electron chi connectivity index (χ0n) is 12.2. The third-order valence-electron chi connectivity index (χ3n) is 3.47. The summed E-state index contributed by atoms with van der Waals surface area (Å²) in [5.41, 5.74) is 1.44. The van der Waals surface area contributed by atoms with Gasteiger partial charge in [0.2, 0.25) is 0 Å². The summed E-state index contributed by atoms with van der Waals surface area (Å²) in [6, 6.07) is 5.52. The summed E-state index contributed by atoms with van der Waals surface area (Å²) in [5, 5.41) is 18.8. The van der Waals surface area contributed by atoms with Crippen LogP contribution in [0, 0.1) is 0 Å². The van der Waals surface area contributed by atoms with Gasteiger partial charge in [0.25, 0.3) is 0 Å².